The van der Waals surface area contributed by atoms with Crippen LogP contribution in [0.1, 0.15) is 49.9 Å². The van der Waals surface area contributed by atoms with E-state index in [1.165, 1.54) is 210 Å². The van der Waals surface area contributed by atoms with Crippen molar-refractivity contribution in [2.45, 2.75) is 38.5 Å². The SMILES string of the molecule is CC1(C)c2ccccc2-c2c1ccc1c3cc(-c4ccc5c(c4)c4ccccc4n5-c4ccc(-c5ccccc5)cc4)ccc3n(-c3cccc(-c4ccccc4)c3)c21.CC1(C)c2ccccc2-c2ccc3c4cc(-c5ccc6c(c5)c5ccccc5n6-c5ccc(-c6ccccc6)cc5)ccc4n(-c4cccc(-c5ccccc5)c4)c3c21. The Hall–Kier alpha value is -14.8. The van der Waals surface area contributed by atoms with Crippen LogP contribution in [0.2, 0.25) is 0 Å². The van der Waals surface area contributed by atoms with Crippen LogP contribution in [0.15, 0.2) is 413 Å². The van der Waals surface area contributed by atoms with Crippen LogP contribution in [-0.2, 0) is 10.8 Å². The van der Waals surface area contributed by atoms with Gasteiger partial charge in [0.05, 0.1) is 44.1 Å². The van der Waals surface area contributed by atoms with E-state index in [-0.39, 0.29) is 10.8 Å². The Morgan fingerprint density at radius 1 is 0.169 bits per heavy atom. The summed E-state index contributed by atoms with van der Waals surface area (Å²) in [4.78, 5) is 0. The van der Waals surface area contributed by atoms with E-state index in [4.69, 9.17) is 0 Å². The molecule has 0 N–H and O–H groups in total. The molecule has 2 aliphatic rings. The van der Waals surface area contributed by atoms with Crippen molar-refractivity contribution in [3.05, 3.63) is 435 Å². The molecule has 4 heteroatoms. The van der Waals surface area contributed by atoms with E-state index in [0.717, 1.165) is 11.4 Å². The molecule has 0 saturated heterocycles. The highest BCUT2D eigenvalue weighted by molar-refractivity contribution is 6.19. The first kappa shape index (κ1) is 68.7. The number of hydrogen-bond donors (Lipinski definition) is 0. The Balaban J connectivity index is 0.000000138. The minimum absolute atomic E-state index is 0.100. The molecule has 0 unspecified atom stereocenters. The van der Waals surface area contributed by atoms with Crippen LogP contribution in [0.5, 0.6) is 0 Å². The highest BCUT2D eigenvalue weighted by Crippen LogP contribution is 2.56. The maximum Gasteiger partial charge on any atom is 0.0622 e. The first-order chi connectivity index (χ1) is 58.1. The molecule has 0 saturated carbocycles. The van der Waals surface area contributed by atoms with Gasteiger partial charge in [-0.1, -0.05) is 331 Å². The number of benzene rings is 18. The molecule has 0 amide bonds. The van der Waals surface area contributed by atoms with Gasteiger partial charge >= 0.3 is 0 Å². The monoisotopic (exact) mass is 1500 g/mol. The molecule has 4 aromatic heterocycles. The maximum atomic E-state index is 2.53. The molecule has 0 aliphatic heterocycles. The molecule has 0 radical (unpaired) electrons. The van der Waals surface area contributed by atoms with Gasteiger partial charge in [0.2, 0.25) is 0 Å². The Bertz CT molecular complexity index is 7800. The van der Waals surface area contributed by atoms with Gasteiger partial charge in [0.25, 0.3) is 0 Å². The average Bonchev–Trinajstić information content (AvgIpc) is 1.54. The molecule has 556 valence electrons. The molecule has 4 nitrogen and oxygen atoms in total. The van der Waals surface area contributed by atoms with E-state index >= 15 is 0 Å². The number of para-hydroxylation sites is 2. The van der Waals surface area contributed by atoms with Crippen molar-refractivity contribution in [2.24, 2.45) is 0 Å². The third kappa shape index (κ3) is 10.8. The minimum atomic E-state index is -0.168. The van der Waals surface area contributed by atoms with Gasteiger partial charge in [-0.3, -0.25) is 0 Å². The molecule has 18 aromatic carbocycles. The summed E-state index contributed by atoms with van der Waals surface area (Å²) in [6.45, 7) is 9.54. The Morgan fingerprint density at radius 2 is 0.492 bits per heavy atom. The quantitative estimate of drug-likeness (QED) is 0.130. The maximum absolute atomic E-state index is 2.53. The summed E-state index contributed by atoms with van der Waals surface area (Å²) in [5.41, 5.74) is 39.7. The zero-order valence-corrected chi connectivity index (χ0v) is 66.0. The van der Waals surface area contributed by atoms with Crippen molar-refractivity contribution in [2.75, 3.05) is 0 Å². The largest absolute Gasteiger partial charge is 0.309 e. The summed E-state index contributed by atoms with van der Waals surface area (Å²) in [6, 6.07) is 152. The van der Waals surface area contributed by atoms with E-state index in [1.54, 1.807) is 0 Å². The molecule has 118 heavy (non-hydrogen) atoms. The zero-order valence-electron chi connectivity index (χ0n) is 66.0. The first-order valence-electron chi connectivity index (χ1n) is 41.2. The third-order valence-corrected chi connectivity index (χ3v) is 25.8. The summed E-state index contributed by atoms with van der Waals surface area (Å²) in [7, 11) is 0. The molecule has 0 spiro atoms. The fraction of sp³-hybridized carbons (Fsp3) is 0.0526. The van der Waals surface area contributed by atoms with Crippen molar-refractivity contribution in [3.63, 3.8) is 0 Å². The lowest BCUT2D eigenvalue weighted by molar-refractivity contribution is 0.661. The van der Waals surface area contributed by atoms with Crippen molar-refractivity contribution >= 4 is 87.2 Å². The summed E-state index contributed by atoms with van der Waals surface area (Å²) in [5, 5.41) is 10.1. The highest BCUT2D eigenvalue weighted by Gasteiger charge is 2.40. The number of nitrogens with zero attached hydrogens (tertiary/aromatic N) is 4. The van der Waals surface area contributed by atoms with E-state index in [0.29, 0.717) is 0 Å². The van der Waals surface area contributed by atoms with Crippen LogP contribution in [0.4, 0.5) is 0 Å². The Morgan fingerprint density at radius 3 is 0.958 bits per heavy atom. The topological polar surface area (TPSA) is 19.7 Å². The fourth-order valence-electron chi connectivity index (χ4n) is 20.2. The molecule has 24 rings (SSSR count). The first-order valence-corrected chi connectivity index (χ1v) is 41.2. The smallest absolute Gasteiger partial charge is 0.0622 e. The van der Waals surface area contributed by atoms with Gasteiger partial charge in [0.15, 0.2) is 0 Å². The van der Waals surface area contributed by atoms with Crippen LogP contribution in [-0.4, -0.2) is 18.3 Å². The standard InChI is InChI=1S/2C57H40N2/c1-57(2)50-22-11-9-21-47(50)55-51(57)31-30-46-49-36-42(27-33-54(49)59(56(46)55)44-19-13-18-40(34-44)38-16-7-4-8-17-38)41-26-32-53-48(35-41)45-20-10-12-23-52(45)58(53)43-28-24-39(25-29-43)37-14-5-3-6-15-37;1-57(2)51-22-11-9-20-45(51)47-30-31-48-50-36-42(27-33-54(50)59(56(48)55(47)57)44-19-13-18-40(34-44)38-16-7-4-8-17-38)41-26-32-53-49(35-41)46-21-10-12-23-52(46)58(53)43-28-24-39(25-29-43)37-14-5-3-6-15-37/h2*3-36H,1-2H3. The number of fused-ring (bicyclic) bond motifs is 20. The number of hydrogen-bond acceptors (Lipinski definition) is 0. The second kappa shape index (κ2) is 26.9. The van der Waals surface area contributed by atoms with Crippen molar-refractivity contribution < 1.29 is 0 Å². The molecule has 4 heterocycles. The summed E-state index contributed by atoms with van der Waals surface area (Å²) in [6.07, 6.45) is 0. The van der Waals surface area contributed by atoms with E-state index in [2.05, 4.69) is 458 Å². The lowest BCUT2D eigenvalue weighted by Gasteiger charge is -2.23. The van der Waals surface area contributed by atoms with Crippen LogP contribution in [0.25, 0.3) is 199 Å². The van der Waals surface area contributed by atoms with E-state index < -0.39 is 0 Å². The molecular weight excluding hydrogens is 1430 g/mol. The van der Waals surface area contributed by atoms with E-state index in [9.17, 15) is 0 Å². The second-order valence-electron chi connectivity index (χ2n) is 33.1. The lowest BCUT2D eigenvalue weighted by Crippen LogP contribution is -2.16. The van der Waals surface area contributed by atoms with Crippen molar-refractivity contribution in [3.8, 4) is 112 Å². The van der Waals surface area contributed by atoms with Gasteiger partial charge in [-0.15, -0.1) is 0 Å². The van der Waals surface area contributed by atoms with Gasteiger partial charge in [0.1, 0.15) is 0 Å². The van der Waals surface area contributed by atoms with Gasteiger partial charge in [0, 0.05) is 82.2 Å². The average molecular weight is 1510 g/mol. The van der Waals surface area contributed by atoms with Crippen LogP contribution < -0.4 is 0 Å². The predicted molar refractivity (Wildman–Crippen MR) is 498 cm³/mol. The van der Waals surface area contributed by atoms with E-state index in [1.807, 2.05) is 0 Å². The summed E-state index contributed by atoms with van der Waals surface area (Å²) >= 11 is 0. The second-order valence-corrected chi connectivity index (χ2v) is 33.1. The van der Waals surface area contributed by atoms with Crippen molar-refractivity contribution in [1.82, 2.24) is 18.3 Å². The summed E-state index contributed by atoms with van der Waals surface area (Å²) in [5.74, 6) is 0. The van der Waals surface area contributed by atoms with Crippen LogP contribution in [0.3, 0.4) is 0 Å². The predicted octanol–water partition coefficient (Wildman–Crippen LogP) is 30.4. The zero-order chi connectivity index (χ0) is 78.5. The summed E-state index contributed by atoms with van der Waals surface area (Å²) < 4.78 is 9.87. The van der Waals surface area contributed by atoms with Crippen LogP contribution in [0, 0.1) is 0 Å². The molecule has 22 aromatic rings. The molecule has 2 aliphatic carbocycles. The fourth-order valence-corrected chi connectivity index (χ4v) is 20.2. The molecule has 0 fully saturated rings. The lowest BCUT2D eigenvalue weighted by atomic mass is 9.81. The normalized spacial score (nSPS) is 13.1. The number of rotatable bonds is 10. The van der Waals surface area contributed by atoms with Gasteiger partial charge in [-0.05, 0) is 215 Å². The molecule has 0 atom stereocenters. The minimum Gasteiger partial charge on any atom is -0.309 e. The third-order valence-electron chi connectivity index (χ3n) is 25.8. The van der Waals surface area contributed by atoms with Gasteiger partial charge < -0.3 is 18.3 Å². The highest BCUT2D eigenvalue weighted by atomic mass is 15.0. The molecule has 0 bridgehead atoms. The molecular formula is C114H80N4. The van der Waals surface area contributed by atoms with Gasteiger partial charge in [-0.25, -0.2) is 0 Å². The number of aromatic nitrogens is 4. The Labute approximate surface area is 685 Å². The van der Waals surface area contributed by atoms with Crippen molar-refractivity contribution in [1.29, 1.82) is 0 Å². The van der Waals surface area contributed by atoms with Crippen LogP contribution >= 0.6 is 0 Å². The van der Waals surface area contributed by atoms with Gasteiger partial charge in [-0.2, -0.15) is 0 Å². The Kier molecular flexibility index (Phi) is 15.7.